The van der Waals surface area contributed by atoms with Crippen molar-refractivity contribution in [2.45, 2.75) is 39.3 Å². The maximum Gasteiger partial charge on any atom is 0.278 e. The van der Waals surface area contributed by atoms with Crippen LogP contribution in [0.15, 0.2) is 54.2 Å². The molecule has 0 atom stereocenters. The summed E-state index contributed by atoms with van der Waals surface area (Å²) in [6.45, 7) is 6.77. The van der Waals surface area contributed by atoms with Gasteiger partial charge in [-0.25, -0.2) is 0 Å². The fraction of sp³-hybridized carbons (Fsp3) is 0.407. The number of carbonyl (C=O) groups is 2. The summed E-state index contributed by atoms with van der Waals surface area (Å²) in [5, 5.41) is 0. The van der Waals surface area contributed by atoms with E-state index in [4.69, 9.17) is 4.74 Å². The number of benzene rings is 2. The average molecular weight is 448 g/mol. The minimum Gasteiger partial charge on any atom is -0.494 e. The van der Waals surface area contributed by atoms with Crippen LogP contribution in [0.3, 0.4) is 0 Å². The molecule has 0 aromatic heterocycles. The van der Waals surface area contributed by atoms with Crippen molar-refractivity contribution >= 4 is 17.4 Å². The zero-order chi connectivity index (χ0) is 23.5. The van der Waals surface area contributed by atoms with E-state index in [0.717, 1.165) is 48.4 Å². The largest absolute Gasteiger partial charge is 0.494 e. The molecule has 0 saturated carbocycles. The van der Waals surface area contributed by atoms with Crippen molar-refractivity contribution in [1.29, 1.82) is 0 Å². The van der Waals surface area contributed by atoms with Gasteiger partial charge in [0.25, 0.3) is 11.8 Å². The van der Waals surface area contributed by atoms with E-state index in [1.807, 2.05) is 74.3 Å². The van der Waals surface area contributed by atoms with E-state index in [0.29, 0.717) is 17.9 Å². The fourth-order valence-corrected chi connectivity index (χ4v) is 4.62. The molecular weight excluding hydrogens is 414 g/mol. The molecule has 0 spiro atoms. The van der Waals surface area contributed by atoms with Gasteiger partial charge in [-0.05, 0) is 70.1 Å². The smallest absolute Gasteiger partial charge is 0.278 e. The van der Waals surface area contributed by atoms with Crippen LogP contribution in [-0.2, 0) is 16.1 Å². The van der Waals surface area contributed by atoms with E-state index < -0.39 is 0 Å². The first kappa shape index (κ1) is 23.1. The van der Waals surface area contributed by atoms with Gasteiger partial charge in [-0.1, -0.05) is 42.0 Å². The lowest BCUT2D eigenvalue weighted by Gasteiger charge is -2.36. The predicted molar refractivity (Wildman–Crippen MR) is 130 cm³/mol. The fourth-order valence-electron chi connectivity index (χ4n) is 4.62. The summed E-state index contributed by atoms with van der Waals surface area (Å²) < 4.78 is 5.57. The zero-order valence-corrected chi connectivity index (χ0v) is 20.0. The van der Waals surface area contributed by atoms with Crippen molar-refractivity contribution in [3.05, 3.63) is 70.9 Å². The molecule has 6 heteroatoms. The maximum absolute atomic E-state index is 13.7. The molecule has 0 radical (unpaired) electrons. The Bertz CT molecular complexity index is 1040. The van der Waals surface area contributed by atoms with Crippen molar-refractivity contribution in [1.82, 2.24) is 14.7 Å². The van der Waals surface area contributed by atoms with Gasteiger partial charge in [-0.2, -0.15) is 0 Å². The molecule has 33 heavy (non-hydrogen) atoms. The number of amides is 2. The zero-order valence-electron chi connectivity index (χ0n) is 20.0. The third-order valence-electron chi connectivity index (χ3n) is 6.65. The molecule has 2 amide bonds. The number of rotatable bonds is 7. The minimum absolute atomic E-state index is 0.217. The van der Waals surface area contributed by atoms with Crippen LogP contribution in [0.25, 0.3) is 5.57 Å². The molecule has 1 fully saturated rings. The summed E-state index contributed by atoms with van der Waals surface area (Å²) >= 11 is 0. The van der Waals surface area contributed by atoms with Gasteiger partial charge in [0.15, 0.2) is 0 Å². The van der Waals surface area contributed by atoms with Crippen LogP contribution in [0, 0.1) is 6.92 Å². The second-order valence-electron chi connectivity index (χ2n) is 9.01. The number of likely N-dealkylation sites (tertiary alicyclic amines) is 1. The number of hydrogen-bond donors (Lipinski definition) is 0. The topological polar surface area (TPSA) is 53.1 Å². The summed E-state index contributed by atoms with van der Waals surface area (Å²) in [6, 6.07) is 15.7. The third kappa shape index (κ3) is 4.81. The van der Waals surface area contributed by atoms with Crippen LogP contribution in [0.5, 0.6) is 5.75 Å². The van der Waals surface area contributed by atoms with Crippen LogP contribution >= 0.6 is 0 Å². The van der Waals surface area contributed by atoms with Gasteiger partial charge >= 0.3 is 0 Å². The highest BCUT2D eigenvalue weighted by Crippen LogP contribution is 2.35. The van der Waals surface area contributed by atoms with Gasteiger partial charge in [0.05, 0.1) is 18.7 Å². The summed E-state index contributed by atoms with van der Waals surface area (Å²) in [5.74, 6) is 0.297. The third-order valence-corrected chi connectivity index (χ3v) is 6.65. The van der Waals surface area contributed by atoms with Crippen LogP contribution in [0.4, 0.5) is 0 Å². The average Bonchev–Trinajstić information content (AvgIpc) is 3.06. The number of carbonyl (C=O) groups excluding carboxylic acids is 2. The highest BCUT2D eigenvalue weighted by molar-refractivity contribution is 6.35. The molecule has 2 aromatic rings. The first-order chi connectivity index (χ1) is 15.9. The molecule has 1 saturated heterocycles. The molecule has 4 rings (SSSR count). The SMILES string of the molecule is CCOc1ccc(C2=C(N(C)C3CCN(C)CC3)C(=O)N(Cc3ccc(C)cc3)C2=O)cc1. The van der Waals surface area contributed by atoms with Gasteiger partial charge in [0.2, 0.25) is 0 Å². The Labute approximate surface area is 196 Å². The van der Waals surface area contributed by atoms with E-state index in [1.54, 1.807) is 0 Å². The quantitative estimate of drug-likeness (QED) is 0.606. The first-order valence-corrected chi connectivity index (χ1v) is 11.7. The first-order valence-electron chi connectivity index (χ1n) is 11.7. The Hall–Kier alpha value is -3.12. The summed E-state index contributed by atoms with van der Waals surface area (Å²) in [4.78, 5) is 33.0. The van der Waals surface area contributed by atoms with Gasteiger partial charge < -0.3 is 14.5 Å². The molecule has 0 N–H and O–H groups in total. The monoisotopic (exact) mass is 447 g/mol. The number of imide groups is 1. The summed E-state index contributed by atoms with van der Waals surface area (Å²) in [7, 11) is 4.08. The predicted octanol–water partition coefficient (Wildman–Crippen LogP) is 3.70. The molecule has 0 unspecified atom stereocenters. The van der Waals surface area contributed by atoms with Crippen LogP contribution in [0.2, 0.25) is 0 Å². The number of ether oxygens (including phenoxy) is 1. The molecule has 2 aromatic carbocycles. The molecule has 0 aliphatic carbocycles. The van der Waals surface area contributed by atoms with Crippen molar-refractivity contribution in [3.8, 4) is 5.75 Å². The van der Waals surface area contributed by atoms with Crippen LogP contribution < -0.4 is 4.74 Å². The lowest BCUT2D eigenvalue weighted by atomic mass is 10.00. The Morgan fingerprint density at radius 3 is 2.21 bits per heavy atom. The van der Waals surface area contributed by atoms with Crippen LogP contribution in [0.1, 0.15) is 36.5 Å². The van der Waals surface area contributed by atoms with Crippen molar-refractivity contribution in [3.63, 3.8) is 0 Å². The molecule has 0 bridgehead atoms. The van der Waals surface area contributed by atoms with Gasteiger partial charge in [-0.3, -0.25) is 14.5 Å². The molecule has 2 aliphatic heterocycles. The Morgan fingerprint density at radius 2 is 1.61 bits per heavy atom. The Morgan fingerprint density at radius 1 is 0.970 bits per heavy atom. The van der Waals surface area contributed by atoms with E-state index in [2.05, 4.69) is 11.9 Å². The lowest BCUT2D eigenvalue weighted by Crippen LogP contribution is -2.43. The summed E-state index contributed by atoms with van der Waals surface area (Å²) in [5.41, 5.74) is 3.82. The van der Waals surface area contributed by atoms with Gasteiger partial charge in [0, 0.05) is 13.1 Å². The van der Waals surface area contributed by atoms with Crippen molar-refractivity contribution < 1.29 is 14.3 Å². The normalized spacial score (nSPS) is 17.8. The number of aryl methyl sites for hydroxylation is 1. The Kier molecular flexibility index (Phi) is 6.84. The van der Waals surface area contributed by atoms with E-state index in [-0.39, 0.29) is 24.4 Å². The number of likely N-dealkylation sites (N-methyl/N-ethyl adjacent to an activating group) is 1. The number of piperidine rings is 1. The Balaban J connectivity index is 1.69. The lowest BCUT2D eigenvalue weighted by molar-refractivity contribution is -0.138. The van der Waals surface area contributed by atoms with Gasteiger partial charge in [0.1, 0.15) is 11.4 Å². The number of hydrogen-bond acceptors (Lipinski definition) is 5. The van der Waals surface area contributed by atoms with Crippen molar-refractivity contribution in [2.24, 2.45) is 0 Å². The molecule has 174 valence electrons. The highest BCUT2D eigenvalue weighted by Gasteiger charge is 2.42. The standard InChI is InChI=1S/C27H33N3O3/c1-5-33-23-12-10-21(11-13-23)24-25(29(4)22-14-16-28(3)17-15-22)27(32)30(26(24)31)18-20-8-6-19(2)7-9-20/h6-13,22H,5,14-18H2,1-4H3. The van der Waals surface area contributed by atoms with Crippen LogP contribution in [-0.4, -0.2) is 66.3 Å². The molecule has 2 aliphatic rings. The molecule has 2 heterocycles. The van der Waals surface area contributed by atoms with E-state index >= 15 is 0 Å². The molecule has 6 nitrogen and oxygen atoms in total. The second kappa shape index (κ2) is 9.79. The maximum atomic E-state index is 13.7. The van der Waals surface area contributed by atoms with Crippen molar-refractivity contribution in [2.75, 3.05) is 33.8 Å². The summed E-state index contributed by atoms with van der Waals surface area (Å²) in [6.07, 6.45) is 1.93. The van der Waals surface area contributed by atoms with Gasteiger partial charge in [-0.15, -0.1) is 0 Å². The van der Waals surface area contributed by atoms with E-state index in [9.17, 15) is 9.59 Å². The molecular formula is C27H33N3O3. The number of nitrogens with zero attached hydrogens (tertiary/aromatic N) is 3. The second-order valence-corrected chi connectivity index (χ2v) is 9.01. The minimum atomic E-state index is -0.237. The highest BCUT2D eigenvalue weighted by atomic mass is 16.5. The van der Waals surface area contributed by atoms with E-state index in [1.165, 1.54) is 4.90 Å².